The second kappa shape index (κ2) is 4.62. The third-order valence-corrected chi connectivity index (χ3v) is 3.28. The van der Waals surface area contributed by atoms with Crippen LogP contribution in [-0.2, 0) is 6.18 Å². The first-order chi connectivity index (χ1) is 8.39. The molecule has 0 amide bonds. The van der Waals surface area contributed by atoms with Gasteiger partial charge in [-0.1, -0.05) is 0 Å². The van der Waals surface area contributed by atoms with Crippen LogP contribution in [0, 0.1) is 5.82 Å². The molecule has 0 saturated carbocycles. The Morgan fingerprint density at radius 1 is 1.28 bits per heavy atom. The molecule has 2 rings (SSSR count). The van der Waals surface area contributed by atoms with Crippen molar-refractivity contribution in [3.63, 3.8) is 0 Å². The normalized spacial score (nSPS) is 13.6. The minimum absolute atomic E-state index is 0.102. The lowest BCUT2D eigenvalue weighted by Crippen LogP contribution is -2.14. The van der Waals surface area contributed by atoms with E-state index in [0.29, 0.717) is 11.3 Å². The number of aromatic nitrogens is 2. The molecular formula is C10H7F4N3S. The average molecular weight is 277 g/mol. The first-order valence-electron chi connectivity index (χ1n) is 4.78. The summed E-state index contributed by atoms with van der Waals surface area (Å²) in [5, 5.41) is -1.01. The highest BCUT2D eigenvalue weighted by molar-refractivity contribution is 7.11. The standard InChI is InChI=1S/C10H7F4N3S/c11-5-2-1-3-16-8(5)7(15)6-4-17-9(18-6)10(12,13)14/h1-4,7H,15H2. The number of hydrogen-bond acceptors (Lipinski definition) is 4. The largest absolute Gasteiger partial charge is 0.443 e. The van der Waals surface area contributed by atoms with Gasteiger partial charge in [-0.15, -0.1) is 11.3 Å². The van der Waals surface area contributed by atoms with Gasteiger partial charge in [0.2, 0.25) is 0 Å². The second-order valence-electron chi connectivity index (χ2n) is 3.41. The highest BCUT2D eigenvalue weighted by atomic mass is 32.1. The molecule has 0 aliphatic rings. The number of thiazole rings is 1. The lowest BCUT2D eigenvalue weighted by molar-refractivity contribution is -0.137. The summed E-state index contributed by atoms with van der Waals surface area (Å²) in [4.78, 5) is 7.06. The van der Waals surface area contributed by atoms with E-state index in [2.05, 4.69) is 9.97 Å². The number of nitrogens with zero attached hydrogens (tertiary/aromatic N) is 2. The highest BCUT2D eigenvalue weighted by Gasteiger charge is 2.35. The first kappa shape index (κ1) is 12.9. The van der Waals surface area contributed by atoms with Crippen molar-refractivity contribution in [1.82, 2.24) is 9.97 Å². The lowest BCUT2D eigenvalue weighted by atomic mass is 10.2. The van der Waals surface area contributed by atoms with Crippen molar-refractivity contribution in [3.8, 4) is 0 Å². The van der Waals surface area contributed by atoms with Crippen molar-refractivity contribution in [3.05, 3.63) is 45.9 Å². The topological polar surface area (TPSA) is 51.8 Å². The number of halogens is 4. The molecule has 2 heterocycles. The fourth-order valence-corrected chi connectivity index (χ4v) is 2.11. The third kappa shape index (κ3) is 2.49. The molecule has 2 N–H and O–H groups in total. The molecule has 0 radical (unpaired) electrons. The van der Waals surface area contributed by atoms with Crippen LogP contribution >= 0.6 is 11.3 Å². The van der Waals surface area contributed by atoms with Crippen LogP contribution in [0.3, 0.4) is 0 Å². The number of rotatable bonds is 2. The quantitative estimate of drug-likeness (QED) is 0.859. The summed E-state index contributed by atoms with van der Waals surface area (Å²) >= 11 is 0.384. The summed E-state index contributed by atoms with van der Waals surface area (Å²) in [7, 11) is 0. The third-order valence-electron chi connectivity index (χ3n) is 2.15. The maximum absolute atomic E-state index is 13.4. The molecule has 0 bridgehead atoms. The molecule has 0 fully saturated rings. The Labute approximate surface area is 103 Å². The van der Waals surface area contributed by atoms with Crippen LogP contribution in [0.15, 0.2) is 24.5 Å². The van der Waals surface area contributed by atoms with Gasteiger partial charge >= 0.3 is 6.18 Å². The van der Waals surface area contributed by atoms with E-state index in [-0.39, 0.29) is 10.6 Å². The van der Waals surface area contributed by atoms with Crippen LogP contribution in [0.4, 0.5) is 17.6 Å². The number of pyridine rings is 1. The van der Waals surface area contributed by atoms with E-state index >= 15 is 0 Å². The van der Waals surface area contributed by atoms with E-state index in [0.717, 1.165) is 12.3 Å². The van der Waals surface area contributed by atoms with E-state index in [1.165, 1.54) is 12.3 Å². The van der Waals surface area contributed by atoms with Crippen molar-refractivity contribution < 1.29 is 17.6 Å². The summed E-state index contributed by atoms with van der Waals surface area (Å²) in [6.07, 6.45) is -2.21. The molecule has 0 aromatic carbocycles. The predicted molar refractivity (Wildman–Crippen MR) is 57.3 cm³/mol. The molecule has 8 heteroatoms. The van der Waals surface area contributed by atoms with E-state index in [1.54, 1.807) is 0 Å². The smallest absolute Gasteiger partial charge is 0.318 e. The lowest BCUT2D eigenvalue weighted by Gasteiger charge is -2.08. The van der Waals surface area contributed by atoms with E-state index in [1.807, 2.05) is 0 Å². The summed E-state index contributed by atoms with van der Waals surface area (Å²) in [6, 6.07) is 1.47. The first-order valence-corrected chi connectivity index (χ1v) is 5.60. The Bertz CT molecular complexity index is 552. The molecular weight excluding hydrogens is 270 g/mol. The van der Waals surface area contributed by atoms with Gasteiger partial charge in [0.05, 0.1) is 11.7 Å². The van der Waals surface area contributed by atoms with Crippen molar-refractivity contribution >= 4 is 11.3 Å². The fraction of sp³-hybridized carbons (Fsp3) is 0.200. The van der Waals surface area contributed by atoms with Gasteiger partial charge in [-0.2, -0.15) is 13.2 Å². The Balaban J connectivity index is 2.33. The molecule has 3 nitrogen and oxygen atoms in total. The molecule has 0 spiro atoms. The minimum Gasteiger partial charge on any atom is -0.318 e. The van der Waals surface area contributed by atoms with Crippen LogP contribution in [0.5, 0.6) is 0 Å². The number of nitrogens with two attached hydrogens (primary N) is 1. The molecule has 1 atom stereocenters. The molecule has 2 aromatic heterocycles. The van der Waals surface area contributed by atoms with Gasteiger partial charge in [0, 0.05) is 17.3 Å². The summed E-state index contributed by atoms with van der Waals surface area (Å²) in [5.74, 6) is -0.660. The van der Waals surface area contributed by atoms with Crippen molar-refractivity contribution in [2.75, 3.05) is 0 Å². The zero-order valence-corrected chi connectivity index (χ0v) is 9.60. The van der Waals surface area contributed by atoms with E-state index in [9.17, 15) is 17.6 Å². The highest BCUT2D eigenvalue weighted by Crippen LogP contribution is 2.35. The van der Waals surface area contributed by atoms with Gasteiger partial charge in [0.15, 0.2) is 5.01 Å². The maximum atomic E-state index is 13.4. The predicted octanol–water partition coefficient (Wildman–Crippen LogP) is 2.74. The Hall–Kier alpha value is -1.54. The molecule has 0 aliphatic carbocycles. The average Bonchev–Trinajstić information content (AvgIpc) is 2.77. The summed E-state index contributed by atoms with van der Waals surface area (Å²) in [5.41, 5.74) is 5.57. The van der Waals surface area contributed by atoms with Crippen LogP contribution in [-0.4, -0.2) is 9.97 Å². The zero-order chi connectivity index (χ0) is 13.3. The van der Waals surface area contributed by atoms with Crippen LogP contribution in [0.25, 0.3) is 0 Å². The maximum Gasteiger partial charge on any atom is 0.443 e. The minimum atomic E-state index is -4.52. The second-order valence-corrected chi connectivity index (χ2v) is 4.48. The van der Waals surface area contributed by atoms with Crippen LogP contribution < -0.4 is 5.73 Å². The van der Waals surface area contributed by atoms with Crippen molar-refractivity contribution in [1.29, 1.82) is 0 Å². The van der Waals surface area contributed by atoms with Crippen molar-refractivity contribution in [2.45, 2.75) is 12.2 Å². The summed E-state index contributed by atoms with van der Waals surface area (Å²) < 4.78 is 50.5. The van der Waals surface area contributed by atoms with Crippen LogP contribution in [0.1, 0.15) is 21.6 Å². The number of hydrogen-bond donors (Lipinski definition) is 1. The zero-order valence-electron chi connectivity index (χ0n) is 8.78. The van der Waals surface area contributed by atoms with Crippen LogP contribution in [0.2, 0.25) is 0 Å². The van der Waals surface area contributed by atoms with Gasteiger partial charge in [-0.05, 0) is 12.1 Å². The SMILES string of the molecule is NC(c1cnc(C(F)(F)F)s1)c1ncccc1F. The van der Waals surface area contributed by atoms with E-state index in [4.69, 9.17) is 5.73 Å². The van der Waals surface area contributed by atoms with Crippen molar-refractivity contribution in [2.24, 2.45) is 5.73 Å². The van der Waals surface area contributed by atoms with Gasteiger partial charge in [-0.3, -0.25) is 4.98 Å². The number of alkyl halides is 3. The molecule has 18 heavy (non-hydrogen) atoms. The fourth-order valence-electron chi connectivity index (χ4n) is 1.32. The van der Waals surface area contributed by atoms with Gasteiger partial charge in [-0.25, -0.2) is 9.37 Å². The Kier molecular flexibility index (Phi) is 3.31. The molecule has 96 valence electrons. The monoisotopic (exact) mass is 277 g/mol. The molecule has 1 unspecified atom stereocenters. The molecule has 0 aliphatic heterocycles. The van der Waals surface area contributed by atoms with E-state index < -0.39 is 23.0 Å². The molecule has 2 aromatic rings. The van der Waals surface area contributed by atoms with Gasteiger partial charge in [0.25, 0.3) is 0 Å². The summed E-state index contributed by atoms with van der Waals surface area (Å²) in [6.45, 7) is 0. The van der Waals surface area contributed by atoms with Gasteiger partial charge in [0.1, 0.15) is 5.82 Å². The van der Waals surface area contributed by atoms with Gasteiger partial charge < -0.3 is 5.73 Å². The Morgan fingerprint density at radius 2 is 2.00 bits per heavy atom. The Morgan fingerprint density at radius 3 is 2.56 bits per heavy atom. The molecule has 0 saturated heterocycles.